The fourth-order valence-electron chi connectivity index (χ4n) is 2.28. The van der Waals surface area contributed by atoms with Crippen LogP contribution in [0.4, 0.5) is 0 Å². The summed E-state index contributed by atoms with van der Waals surface area (Å²) in [5.74, 6) is -0.335. The number of amides is 1. The first-order valence-corrected chi connectivity index (χ1v) is 7.17. The van der Waals surface area contributed by atoms with E-state index < -0.39 is 0 Å². The molecule has 1 aromatic heterocycles. The van der Waals surface area contributed by atoms with Crippen molar-refractivity contribution in [1.82, 2.24) is 10.3 Å². The van der Waals surface area contributed by atoms with Gasteiger partial charge in [0.15, 0.2) is 5.43 Å². The minimum atomic E-state index is -0.335. The summed E-state index contributed by atoms with van der Waals surface area (Å²) in [6.07, 6.45) is 3.25. The van der Waals surface area contributed by atoms with Crippen LogP contribution in [-0.4, -0.2) is 10.9 Å². The molecule has 1 aromatic carbocycles. The normalized spacial score (nSPS) is 11.9. The Morgan fingerprint density at radius 1 is 1.29 bits per heavy atom. The van der Waals surface area contributed by atoms with Crippen LogP contribution in [0.5, 0.6) is 0 Å². The summed E-state index contributed by atoms with van der Waals surface area (Å²) >= 11 is 0. The zero-order valence-corrected chi connectivity index (χ0v) is 12.3. The molecule has 0 fully saturated rings. The molecule has 2 N–H and O–H groups in total. The van der Waals surface area contributed by atoms with Gasteiger partial charge in [-0.05, 0) is 18.9 Å². The number of hydrogen-bond donors (Lipinski definition) is 2. The van der Waals surface area contributed by atoms with Crippen LogP contribution in [0.25, 0.3) is 0 Å². The smallest absolute Gasteiger partial charge is 0.257 e. The second-order valence-corrected chi connectivity index (χ2v) is 5.12. The van der Waals surface area contributed by atoms with Crippen LogP contribution >= 0.6 is 0 Å². The molecule has 2 aromatic rings. The van der Waals surface area contributed by atoms with Crippen molar-refractivity contribution in [2.45, 2.75) is 32.7 Å². The van der Waals surface area contributed by atoms with Gasteiger partial charge in [0.1, 0.15) is 5.56 Å². The van der Waals surface area contributed by atoms with Crippen LogP contribution in [0.15, 0.2) is 47.4 Å². The van der Waals surface area contributed by atoms with Crippen molar-refractivity contribution in [1.29, 1.82) is 0 Å². The van der Waals surface area contributed by atoms with Crippen LogP contribution in [0.3, 0.4) is 0 Å². The molecule has 0 aliphatic carbocycles. The molecule has 110 valence electrons. The maximum Gasteiger partial charge on any atom is 0.257 e. The van der Waals surface area contributed by atoms with Crippen molar-refractivity contribution in [2.24, 2.45) is 0 Å². The summed E-state index contributed by atoms with van der Waals surface area (Å²) in [6.45, 7) is 3.85. The van der Waals surface area contributed by atoms with Crippen LogP contribution in [0.1, 0.15) is 47.4 Å². The Kier molecular flexibility index (Phi) is 4.93. The molecule has 0 radical (unpaired) electrons. The van der Waals surface area contributed by atoms with Gasteiger partial charge in [0.25, 0.3) is 5.91 Å². The molecule has 0 spiro atoms. The number of hydrogen-bond acceptors (Lipinski definition) is 2. The highest BCUT2D eigenvalue weighted by molar-refractivity contribution is 5.94. The van der Waals surface area contributed by atoms with E-state index in [1.807, 2.05) is 30.3 Å². The van der Waals surface area contributed by atoms with E-state index in [0.717, 1.165) is 24.1 Å². The molecule has 2 rings (SSSR count). The molecule has 4 nitrogen and oxygen atoms in total. The maximum atomic E-state index is 12.3. The van der Waals surface area contributed by atoms with Gasteiger partial charge in [0, 0.05) is 18.0 Å². The van der Waals surface area contributed by atoms with Crippen molar-refractivity contribution in [3.63, 3.8) is 0 Å². The van der Waals surface area contributed by atoms with Gasteiger partial charge in [0.05, 0.1) is 6.04 Å². The van der Waals surface area contributed by atoms with Gasteiger partial charge in [-0.2, -0.15) is 0 Å². The third-order valence-electron chi connectivity index (χ3n) is 3.39. The third kappa shape index (κ3) is 3.81. The highest BCUT2D eigenvalue weighted by Gasteiger charge is 2.16. The van der Waals surface area contributed by atoms with Crippen LogP contribution < -0.4 is 10.7 Å². The lowest BCUT2D eigenvalue weighted by Gasteiger charge is -2.18. The summed E-state index contributed by atoms with van der Waals surface area (Å²) in [5.41, 5.74) is 1.69. The average Bonchev–Trinajstić information content (AvgIpc) is 2.47. The van der Waals surface area contributed by atoms with Gasteiger partial charge in [-0.1, -0.05) is 43.7 Å². The first kappa shape index (κ1) is 15.0. The van der Waals surface area contributed by atoms with E-state index >= 15 is 0 Å². The number of aromatic nitrogens is 1. The molecule has 1 heterocycles. The number of aryl methyl sites for hydroxylation is 1. The standard InChI is InChI=1S/C17H20N2O2/c1-3-7-15(13-8-5-4-6-9-13)19-17(21)14-11-18-12(2)10-16(14)20/h4-6,8-11,15H,3,7H2,1-2H3,(H,18,20)(H,19,21). The van der Waals surface area contributed by atoms with Gasteiger partial charge >= 0.3 is 0 Å². The molecule has 0 aliphatic rings. The number of benzene rings is 1. The van der Waals surface area contributed by atoms with E-state index in [9.17, 15) is 9.59 Å². The van der Waals surface area contributed by atoms with E-state index in [0.29, 0.717) is 0 Å². The molecule has 0 saturated carbocycles. The fraction of sp³-hybridized carbons (Fsp3) is 0.294. The van der Waals surface area contributed by atoms with Crippen molar-refractivity contribution in [3.05, 3.63) is 69.6 Å². The first-order chi connectivity index (χ1) is 10.1. The Labute approximate surface area is 124 Å². The molecule has 1 unspecified atom stereocenters. The van der Waals surface area contributed by atoms with E-state index in [4.69, 9.17) is 0 Å². The lowest BCUT2D eigenvalue weighted by Crippen LogP contribution is -2.32. The van der Waals surface area contributed by atoms with Crippen molar-refractivity contribution < 1.29 is 4.79 Å². The molecule has 0 aliphatic heterocycles. The van der Waals surface area contributed by atoms with Gasteiger partial charge in [0.2, 0.25) is 0 Å². The quantitative estimate of drug-likeness (QED) is 0.886. The van der Waals surface area contributed by atoms with Crippen molar-refractivity contribution in [2.75, 3.05) is 0 Å². The second kappa shape index (κ2) is 6.88. The molecule has 21 heavy (non-hydrogen) atoms. The number of carbonyl (C=O) groups is 1. The summed E-state index contributed by atoms with van der Waals surface area (Å²) in [5, 5.41) is 2.95. The topological polar surface area (TPSA) is 62.0 Å². The highest BCUT2D eigenvalue weighted by atomic mass is 16.2. The van der Waals surface area contributed by atoms with Crippen LogP contribution in [0.2, 0.25) is 0 Å². The van der Waals surface area contributed by atoms with Gasteiger partial charge in [-0.3, -0.25) is 9.59 Å². The zero-order valence-electron chi connectivity index (χ0n) is 12.3. The molecule has 0 saturated heterocycles. The second-order valence-electron chi connectivity index (χ2n) is 5.12. The third-order valence-corrected chi connectivity index (χ3v) is 3.39. The zero-order chi connectivity index (χ0) is 15.2. The Balaban J connectivity index is 2.21. The fourth-order valence-corrected chi connectivity index (χ4v) is 2.28. The SMILES string of the molecule is CCCC(NC(=O)c1c[nH]c(C)cc1=O)c1ccccc1. The molecule has 4 heteroatoms. The van der Waals surface area contributed by atoms with Gasteiger partial charge in [-0.25, -0.2) is 0 Å². The predicted molar refractivity (Wildman–Crippen MR) is 83.4 cm³/mol. The molecular weight excluding hydrogens is 264 g/mol. The molecule has 1 atom stereocenters. The van der Waals surface area contributed by atoms with Gasteiger partial charge < -0.3 is 10.3 Å². The number of nitrogens with one attached hydrogen (secondary N) is 2. The Morgan fingerprint density at radius 3 is 2.62 bits per heavy atom. The van der Waals surface area contributed by atoms with Gasteiger partial charge in [-0.15, -0.1) is 0 Å². The number of carbonyl (C=O) groups excluding carboxylic acids is 1. The van der Waals surface area contributed by atoms with E-state index in [-0.39, 0.29) is 22.9 Å². The average molecular weight is 284 g/mol. The Hall–Kier alpha value is -2.36. The van der Waals surface area contributed by atoms with Crippen molar-refractivity contribution >= 4 is 5.91 Å². The minimum Gasteiger partial charge on any atom is -0.364 e. The first-order valence-electron chi connectivity index (χ1n) is 7.17. The monoisotopic (exact) mass is 284 g/mol. The summed E-state index contributed by atoms with van der Waals surface area (Å²) in [7, 11) is 0. The number of aromatic amines is 1. The molecular formula is C17H20N2O2. The number of pyridine rings is 1. The Morgan fingerprint density at radius 2 is 2.00 bits per heavy atom. The minimum absolute atomic E-state index is 0.0793. The predicted octanol–water partition coefficient (Wildman–Crippen LogP) is 2.95. The van der Waals surface area contributed by atoms with E-state index in [1.165, 1.54) is 12.3 Å². The Bertz CT molecular complexity index is 662. The summed E-state index contributed by atoms with van der Waals surface area (Å²) < 4.78 is 0. The molecule has 0 bridgehead atoms. The maximum absolute atomic E-state index is 12.3. The number of H-pyrrole nitrogens is 1. The van der Waals surface area contributed by atoms with Crippen molar-refractivity contribution in [3.8, 4) is 0 Å². The number of rotatable bonds is 5. The largest absolute Gasteiger partial charge is 0.364 e. The lowest BCUT2D eigenvalue weighted by molar-refractivity contribution is 0.0933. The van der Waals surface area contributed by atoms with E-state index in [1.54, 1.807) is 6.92 Å². The van der Waals surface area contributed by atoms with Crippen LogP contribution in [0, 0.1) is 6.92 Å². The van der Waals surface area contributed by atoms with Crippen LogP contribution in [-0.2, 0) is 0 Å². The highest BCUT2D eigenvalue weighted by Crippen LogP contribution is 2.18. The summed E-state index contributed by atoms with van der Waals surface area (Å²) in [4.78, 5) is 27.1. The molecule has 1 amide bonds. The van der Waals surface area contributed by atoms with E-state index in [2.05, 4.69) is 17.2 Å². The lowest BCUT2D eigenvalue weighted by atomic mass is 10.0. The summed E-state index contributed by atoms with van der Waals surface area (Å²) in [6, 6.07) is 11.2.